The average Bonchev–Trinajstić information content (AvgIpc) is 2.46. The summed E-state index contributed by atoms with van der Waals surface area (Å²) in [4.78, 5) is 4.77. The first-order chi connectivity index (χ1) is 10.1. The smallest absolute Gasteiger partial charge is 0.123 e. The summed E-state index contributed by atoms with van der Waals surface area (Å²) in [5.41, 5.74) is 4.77. The van der Waals surface area contributed by atoms with Crippen molar-refractivity contribution in [2.24, 2.45) is 5.92 Å². The molecule has 21 heavy (non-hydrogen) atoms. The highest BCUT2D eigenvalue weighted by Crippen LogP contribution is 2.29. The molecule has 0 spiro atoms. The second-order valence-corrected chi connectivity index (χ2v) is 6.41. The number of halogens is 1. The Kier molecular flexibility index (Phi) is 4.20. The molecule has 1 heterocycles. The van der Waals surface area contributed by atoms with Crippen LogP contribution in [0.4, 0.5) is 4.39 Å². The van der Waals surface area contributed by atoms with Crippen molar-refractivity contribution in [3.63, 3.8) is 0 Å². The van der Waals surface area contributed by atoms with Gasteiger partial charge in [-0.3, -0.25) is 4.98 Å². The molecule has 3 rings (SSSR count). The molecule has 0 saturated carbocycles. The van der Waals surface area contributed by atoms with E-state index in [1.54, 1.807) is 6.07 Å². The van der Waals surface area contributed by atoms with E-state index in [4.69, 9.17) is 4.98 Å². The first-order valence-electron chi connectivity index (χ1n) is 7.95. The number of aryl methyl sites for hydroxylation is 1. The van der Waals surface area contributed by atoms with E-state index in [1.807, 2.05) is 6.07 Å². The van der Waals surface area contributed by atoms with Crippen molar-refractivity contribution >= 4 is 10.9 Å². The minimum absolute atomic E-state index is 0.176. The normalized spacial score (nSPS) is 14.7. The van der Waals surface area contributed by atoms with Crippen molar-refractivity contribution in [1.29, 1.82) is 0 Å². The van der Waals surface area contributed by atoms with Crippen LogP contribution in [0.2, 0.25) is 0 Å². The molecule has 2 aromatic rings. The van der Waals surface area contributed by atoms with Gasteiger partial charge in [-0.15, -0.1) is 0 Å². The number of nitrogens with zero attached hydrogens (tertiary/aromatic N) is 1. The van der Waals surface area contributed by atoms with Crippen LogP contribution in [0.15, 0.2) is 18.2 Å². The molecule has 3 heteroatoms. The number of hydrogen-bond acceptors (Lipinski definition) is 2. The lowest BCUT2D eigenvalue weighted by atomic mass is 9.89. The summed E-state index contributed by atoms with van der Waals surface area (Å²) >= 11 is 0. The van der Waals surface area contributed by atoms with E-state index < -0.39 is 0 Å². The maximum absolute atomic E-state index is 13.7. The van der Waals surface area contributed by atoms with Crippen molar-refractivity contribution in [2.75, 3.05) is 6.54 Å². The van der Waals surface area contributed by atoms with Crippen LogP contribution in [0, 0.1) is 11.7 Å². The number of fused-ring (bicyclic) bond motifs is 2. The predicted octanol–water partition coefficient (Wildman–Crippen LogP) is 4.00. The standard InChI is InChI=1S/C18H23FN2/c1-12(2)10-20-11-16-14-5-3-4-6-17(14)21-18-8-7-13(19)9-15(16)18/h7-9,12,20H,3-6,10-11H2,1-2H3. The van der Waals surface area contributed by atoms with Gasteiger partial charge in [0.2, 0.25) is 0 Å². The highest BCUT2D eigenvalue weighted by Gasteiger charge is 2.18. The van der Waals surface area contributed by atoms with E-state index in [1.165, 1.54) is 35.7 Å². The third-order valence-electron chi connectivity index (χ3n) is 4.20. The third-order valence-corrected chi connectivity index (χ3v) is 4.20. The zero-order chi connectivity index (χ0) is 14.8. The van der Waals surface area contributed by atoms with Gasteiger partial charge in [0.05, 0.1) is 5.52 Å². The molecular formula is C18H23FN2. The second kappa shape index (κ2) is 6.10. The maximum atomic E-state index is 13.7. The largest absolute Gasteiger partial charge is 0.312 e. The summed E-state index contributed by atoms with van der Waals surface area (Å²) in [6.45, 7) is 6.19. The Bertz CT molecular complexity index is 649. The number of nitrogens with one attached hydrogen (secondary N) is 1. The Labute approximate surface area is 125 Å². The van der Waals surface area contributed by atoms with Crippen molar-refractivity contribution in [2.45, 2.75) is 46.1 Å². The SMILES string of the molecule is CC(C)CNCc1c2c(nc3ccc(F)cc13)CCCC2. The molecule has 112 valence electrons. The van der Waals surface area contributed by atoms with Crippen molar-refractivity contribution < 1.29 is 4.39 Å². The minimum Gasteiger partial charge on any atom is -0.312 e. The monoisotopic (exact) mass is 286 g/mol. The fraction of sp³-hybridized carbons (Fsp3) is 0.500. The van der Waals surface area contributed by atoms with Crippen molar-refractivity contribution in [3.8, 4) is 0 Å². The van der Waals surface area contributed by atoms with Crippen LogP contribution in [0.25, 0.3) is 10.9 Å². The van der Waals surface area contributed by atoms with Gasteiger partial charge in [0.1, 0.15) is 5.82 Å². The molecule has 1 aromatic carbocycles. The Morgan fingerprint density at radius 1 is 1.24 bits per heavy atom. The van der Waals surface area contributed by atoms with Crippen LogP contribution in [0.1, 0.15) is 43.5 Å². The van der Waals surface area contributed by atoms with E-state index in [-0.39, 0.29) is 5.82 Å². The summed E-state index contributed by atoms with van der Waals surface area (Å²) in [5, 5.41) is 4.49. The second-order valence-electron chi connectivity index (χ2n) is 6.41. The van der Waals surface area contributed by atoms with Crippen LogP contribution in [0.3, 0.4) is 0 Å². The quantitative estimate of drug-likeness (QED) is 0.919. The number of hydrogen-bond donors (Lipinski definition) is 1. The Balaban J connectivity index is 2.05. The fourth-order valence-corrected chi connectivity index (χ4v) is 3.18. The number of aromatic nitrogens is 1. The van der Waals surface area contributed by atoms with Gasteiger partial charge >= 0.3 is 0 Å². The lowest BCUT2D eigenvalue weighted by molar-refractivity contribution is 0.549. The molecule has 1 aliphatic rings. The topological polar surface area (TPSA) is 24.9 Å². The number of pyridine rings is 1. The molecule has 1 aliphatic carbocycles. The molecule has 0 saturated heterocycles. The Morgan fingerprint density at radius 2 is 2.05 bits per heavy atom. The van der Waals surface area contributed by atoms with E-state index in [0.717, 1.165) is 36.8 Å². The molecule has 0 radical (unpaired) electrons. The molecular weight excluding hydrogens is 263 g/mol. The van der Waals surface area contributed by atoms with E-state index >= 15 is 0 Å². The summed E-state index contributed by atoms with van der Waals surface area (Å²) in [7, 11) is 0. The zero-order valence-electron chi connectivity index (χ0n) is 12.9. The van der Waals surface area contributed by atoms with Gasteiger partial charge < -0.3 is 5.32 Å². The Morgan fingerprint density at radius 3 is 2.86 bits per heavy atom. The highest BCUT2D eigenvalue weighted by molar-refractivity contribution is 5.84. The lowest BCUT2D eigenvalue weighted by Crippen LogP contribution is -2.21. The lowest BCUT2D eigenvalue weighted by Gasteiger charge is -2.21. The van der Waals surface area contributed by atoms with Crippen LogP contribution >= 0.6 is 0 Å². The molecule has 0 bridgehead atoms. The van der Waals surface area contributed by atoms with E-state index in [9.17, 15) is 4.39 Å². The van der Waals surface area contributed by atoms with E-state index in [2.05, 4.69) is 19.2 Å². The van der Waals surface area contributed by atoms with Gasteiger partial charge in [0, 0.05) is 17.6 Å². The minimum atomic E-state index is -0.176. The molecule has 0 amide bonds. The summed E-state index contributed by atoms with van der Waals surface area (Å²) < 4.78 is 13.7. The molecule has 1 aromatic heterocycles. The van der Waals surface area contributed by atoms with Gasteiger partial charge in [0.25, 0.3) is 0 Å². The molecule has 0 fully saturated rings. The van der Waals surface area contributed by atoms with Crippen LogP contribution < -0.4 is 5.32 Å². The van der Waals surface area contributed by atoms with Gasteiger partial charge in [0.15, 0.2) is 0 Å². The van der Waals surface area contributed by atoms with Crippen molar-refractivity contribution in [1.82, 2.24) is 10.3 Å². The number of benzene rings is 1. The molecule has 0 unspecified atom stereocenters. The van der Waals surface area contributed by atoms with Gasteiger partial charge in [-0.05, 0) is 67.5 Å². The average molecular weight is 286 g/mol. The fourth-order valence-electron chi connectivity index (χ4n) is 3.18. The van der Waals surface area contributed by atoms with Crippen molar-refractivity contribution in [3.05, 3.63) is 40.8 Å². The zero-order valence-corrected chi connectivity index (χ0v) is 12.9. The van der Waals surface area contributed by atoms with Crippen LogP contribution in [-0.4, -0.2) is 11.5 Å². The molecule has 1 N–H and O–H groups in total. The summed E-state index contributed by atoms with van der Waals surface area (Å²) in [6, 6.07) is 4.96. The van der Waals surface area contributed by atoms with Crippen LogP contribution in [-0.2, 0) is 19.4 Å². The maximum Gasteiger partial charge on any atom is 0.123 e. The first kappa shape index (κ1) is 14.5. The number of rotatable bonds is 4. The predicted molar refractivity (Wildman–Crippen MR) is 84.9 cm³/mol. The molecule has 0 aliphatic heterocycles. The first-order valence-corrected chi connectivity index (χ1v) is 7.95. The van der Waals surface area contributed by atoms with Crippen LogP contribution in [0.5, 0.6) is 0 Å². The van der Waals surface area contributed by atoms with Gasteiger partial charge in [-0.1, -0.05) is 13.8 Å². The van der Waals surface area contributed by atoms with E-state index in [0.29, 0.717) is 5.92 Å². The highest BCUT2D eigenvalue weighted by atomic mass is 19.1. The molecule has 0 atom stereocenters. The molecule has 2 nitrogen and oxygen atoms in total. The summed E-state index contributed by atoms with van der Waals surface area (Å²) in [6.07, 6.45) is 4.56. The Hall–Kier alpha value is -1.48. The summed E-state index contributed by atoms with van der Waals surface area (Å²) in [5.74, 6) is 0.441. The van der Waals surface area contributed by atoms with Gasteiger partial charge in [-0.2, -0.15) is 0 Å². The third kappa shape index (κ3) is 3.08. The van der Waals surface area contributed by atoms with Gasteiger partial charge in [-0.25, -0.2) is 4.39 Å².